The highest BCUT2D eigenvalue weighted by atomic mass is 35.5. The summed E-state index contributed by atoms with van der Waals surface area (Å²) in [5.41, 5.74) is 5.97. The third kappa shape index (κ3) is 5.42. The number of hydrogen-bond acceptors (Lipinski definition) is 3. The Balaban J connectivity index is 0.00000220. The lowest BCUT2D eigenvalue weighted by Gasteiger charge is -2.32. The average Bonchev–Trinajstić information content (AvgIpc) is 2.88. The van der Waals surface area contributed by atoms with Gasteiger partial charge in [0.05, 0.1) is 18.2 Å². The molecule has 21 heavy (non-hydrogen) atoms. The Kier molecular flexibility index (Phi) is 7.99. The van der Waals surface area contributed by atoms with E-state index in [-0.39, 0.29) is 29.9 Å². The number of carbonyl (C=O) groups is 1. The van der Waals surface area contributed by atoms with Crippen LogP contribution in [0.1, 0.15) is 64.2 Å². The molecule has 1 amide bonds. The first-order valence-electron chi connectivity index (χ1n) is 8.22. The van der Waals surface area contributed by atoms with E-state index in [9.17, 15) is 4.79 Å². The number of hydrogen-bond donors (Lipinski definition) is 2. The van der Waals surface area contributed by atoms with Crippen LogP contribution in [0, 0.1) is 5.92 Å². The van der Waals surface area contributed by atoms with Crippen molar-refractivity contribution in [1.82, 2.24) is 5.32 Å². The van der Waals surface area contributed by atoms with Gasteiger partial charge < -0.3 is 15.8 Å². The molecule has 0 aliphatic heterocycles. The second-order valence-electron chi connectivity index (χ2n) is 6.76. The van der Waals surface area contributed by atoms with Gasteiger partial charge in [-0.05, 0) is 25.2 Å². The lowest BCUT2D eigenvalue weighted by Crippen LogP contribution is -2.55. The van der Waals surface area contributed by atoms with E-state index in [0.29, 0.717) is 12.5 Å². The first kappa shape index (κ1) is 18.7. The molecule has 0 spiro atoms. The summed E-state index contributed by atoms with van der Waals surface area (Å²) in [5.74, 6) is 0.668. The van der Waals surface area contributed by atoms with Crippen LogP contribution in [-0.2, 0) is 9.53 Å². The maximum atomic E-state index is 12.4. The molecule has 3 N–H and O–H groups in total. The van der Waals surface area contributed by atoms with E-state index < -0.39 is 0 Å². The van der Waals surface area contributed by atoms with Gasteiger partial charge in [-0.15, -0.1) is 12.4 Å². The highest BCUT2D eigenvalue weighted by Gasteiger charge is 2.36. The van der Waals surface area contributed by atoms with Crippen molar-refractivity contribution < 1.29 is 9.53 Å². The Morgan fingerprint density at radius 1 is 1.24 bits per heavy atom. The van der Waals surface area contributed by atoms with Gasteiger partial charge in [0.25, 0.3) is 0 Å². The summed E-state index contributed by atoms with van der Waals surface area (Å²) < 4.78 is 5.30. The summed E-state index contributed by atoms with van der Waals surface area (Å²) in [6, 6.07) is -0.354. The van der Waals surface area contributed by atoms with Crippen molar-refractivity contribution in [2.24, 2.45) is 11.7 Å². The molecule has 2 aliphatic rings. The number of rotatable bonds is 6. The zero-order valence-electron chi connectivity index (χ0n) is 13.2. The lowest BCUT2D eigenvalue weighted by molar-refractivity contribution is -0.125. The Hall–Kier alpha value is -0.320. The number of nitrogens with two attached hydrogens (primary N) is 1. The summed E-state index contributed by atoms with van der Waals surface area (Å²) in [7, 11) is 1.70. The number of carbonyl (C=O) groups excluding carboxylic acids is 1. The van der Waals surface area contributed by atoms with Crippen LogP contribution in [0.15, 0.2) is 0 Å². The molecule has 4 nitrogen and oxygen atoms in total. The Bertz CT molecular complexity index is 313. The van der Waals surface area contributed by atoms with Gasteiger partial charge in [0.2, 0.25) is 5.91 Å². The summed E-state index contributed by atoms with van der Waals surface area (Å²) in [4.78, 5) is 12.4. The van der Waals surface area contributed by atoms with Crippen LogP contribution in [0.25, 0.3) is 0 Å². The normalized spacial score (nSPS) is 23.3. The highest BCUT2D eigenvalue weighted by Crippen LogP contribution is 2.31. The van der Waals surface area contributed by atoms with Gasteiger partial charge >= 0.3 is 0 Å². The summed E-state index contributed by atoms with van der Waals surface area (Å²) in [6.07, 6.45) is 11.6. The van der Waals surface area contributed by atoms with Crippen LogP contribution >= 0.6 is 12.4 Å². The van der Waals surface area contributed by atoms with E-state index in [2.05, 4.69) is 5.32 Å². The minimum Gasteiger partial charge on any atom is -0.382 e. The van der Waals surface area contributed by atoms with Gasteiger partial charge in [-0.1, -0.05) is 44.9 Å². The monoisotopic (exact) mass is 318 g/mol. The summed E-state index contributed by atoms with van der Waals surface area (Å²) >= 11 is 0. The van der Waals surface area contributed by atoms with E-state index in [1.165, 1.54) is 44.9 Å². The van der Waals surface area contributed by atoms with Crippen LogP contribution in [0.4, 0.5) is 0 Å². The van der Waals surface area contributed by atoms with E-state index >= 15 is 0 Å². The molecule has 2 aliphatic carbocycles. The molecule has 0 bridgehead atoms. The molecule has 0 aromatic carbocycles. The van der Waals surface area contributed by atoms with E-state index in [0.717, 1.165) is 19.3 Å². The van der Waals surface area contributed by atoms with Gasteiger partial charge in [0.1, 0.15) is 0 Å². The summed E-state index contributed by atoms with van der Waals surface area (Å²) in [6.45, 7) is 0.606. The molecule has 0 aromatic heterocycles. The fraction of sp³-hybridized carbons (Fsp3) is 0.938. The minimum atomic E-state index is -0.354. The molecule has 124 valence electrons. The lowest BCUT2D eigenvalue weighted by atomic mass is 9.84. The smallest absolute Gasteiger partial charge is 0.237 e. The SMILES string of the molecule is COCC1(NC(=O)[C@@H](N)CC2CCCCC2)CCCC1.Cl. The molecule has 0 unspecified atom stereocenters. The first-order chi connectivity index (χ1) is 9.65. The fourth-order valence-electron chi connectivity index (χ4n) is 3.88. The van der Waals surface area contributed by atoms with Crippen molar-refractivity contribution in [3.05, 3.63) is 0 Å². The number of halogens is 1. The fourth-order valence-corrected chi connectivity index (χ4v) is 3.88. The van der Waals surface area contributed by atoms with Crippen molar-refractivity contribution in [3.8, 4) is 0 Å². The van der Waals surface area contributed by atoms with Crippen LogP contribution in [0.3, 0.4) is 0 Å². The molecular formula is C16H31ClN2O2. The van der Waals surface area contributed by atoms with Crippen LogP contribution in [0.5, 0.6) is 0 Å². The molecule has 0 radical (unpaired) electrons. The predicted molar refractivity (Wildman–Crippen MR) is 87.6 cm³/mol. The maximum Gasteiger partial charge on any atom is 0.237 e. The number of methoxy groups -OCH3 is 1. The van der Waals surface area contributed by atoms with Crippen LogP contribution in [0.2, 0.25) is 0 Å². The van der Waals surface area contributed by atoms with Gasteiger partial charge in [0, 0.05) is 7.11 Å². The summed E-state index contributed by atoms with van der Waals surface area (Å²) in [5, 5.41) is 3.19. The number of ether oxygens (including phenoxy) is 1. The Morgan fingerprint density at radius 3 is 2.43 bits per heavy atom. The third-order valence-corrected chi connectivity index (χ3v) is 5.02. The van der Waals surface area contributed by atoms with E-state index in [1.807, 2.05) is 0 Å². The van der Waals surface area contributed by atoms with Crippen molar-refractivity contribution >= 4 is 18.3 Å². The minimum absolute atomic E-state index is 0. The highest BCUT2D eigenvalue weighted by molar-refractivity contribution is 5.85. The maximum absolute atomic E-state index is 12.4. The van der Waals surface area contributed by atoms with Crippen molar-refractivity contribution in [1.29, 1.82) is 0 Å². The van der Waals surface area contributed by atoms with Crippen molar-refractivity contribution in [2.75, 3.05) is 13.7 Å². The number of nitrogens with one attached hydrogen (secondary N) is 1. The van der Waals surface area contributed by atoms with Gasteiger partial charge in [-0.3, -0.25) is 4.79 Å². The topological polar surface area (TPSA) is 64.3 Å². The first-order valence-corrected chi connectivity index (χ1v) is 8.22. The Morgan fingerprint density at radius 2 is 1.86 bits per heavy atom. The molecule has 2 rings (SSSR count). The second-order valence-corrected chi connectivity index (χ2v) is 6.76. The van der Waals surface area contributed by atoms with Gasteiger partial charge in [-0.25, -0.2) is 0 Å². The molecule has 0 heterocycles. The van der Waals surface area contributed by atoms with Gasteiger partial charge in [0.15, 0.2) is 0 Å². The molecular weight excluding hydrogens is 288 g/mol. The molecule has 5 heteroatoms. The molecule has 0 aromatic rings. The molecule has 0 saturated heterocycles. The van der Waals surface area contributed by atoms with Crippen molar-refractivity contribution in [3.63, 3.8) is 0 Å². The van der Waals surface area contributed by atoms with Crippen LogP contribution in [-0.4, -0.2) is 31.2 Å². The largest absolute Gasteiger partial charge is 0.382 e. The predicted octanol–water partition coefficient (Wildman–Crippen LogP) is 2.78. The molecule has 1 atom stereocenters. The van der Waals surface area contributed by atoms with Crippen LogP contribution < -0.4 is 11.1 Å². The number of amides is 1. The zero-order valence-corrected chi connectivity index (χ0v) is 14.1. The standard InChI is InChI=1S/C16H30N2O2.ClH/c1-20-12-16(9-5-6-10-16)18-15(19)14(17)11-13-7-3-2-4-8-13;/h13-14H,2-12,17H2,1H3,(H,18,19);1H/t14-;/m0./s1. The second kappa shape index (κ2) is 8.96. The van der Waals surface area contributed by atoms with Crippen molar-refractivity contribution in [2.45, 2.75) is 75.8 Å². The Labute approximate surface area is 135 Å². The third-order valence-electron chi connectivity index (χ3n) is 5.02. The van der Waals surface area contributed by atoms with Gasteiger partial charge in [-0.2, -0.15) is 0 Å². The molecule has 2 saturated carbocycles. The van der Waals surface area contributed by atoms with E-state index in [4.69, 9.17) is 10.5 Å². The quantitative estimate of drug-likeness (QED) is 0.791. The average molecular weight is 319 g/mol. The molecule has 2 fully saturated rings. The zero-order chi connectivity index (χ0) is 14.4. The van der Waals surface area contributed by atoms with E-state index in [1.54, 1.807) is 7.11 Å².